The molecule has 1 aliphatic rings. The van der Waals surface area contributed by atoms with Gasteiger partial charge in [0.1, 0.15) is 17.8 Å². The van der Waals surface area contributed by atoms with Gasteiger partial charge in [-0.25, -0.2) is 4.98 Å². The molecule has 0 amide bonds. The summed E-state index contributed by atoms with van der Waals surface area (Å²) in [5.41, 5.74) is 2.97. The summed E-state index contributed by atoms with van der Waals surface area (Å²) >= 11 is 0. The standard InChI is InChI=1S/C22H26N4O2/c1-4-18-12-17(2)28-20-7-5-6-19(13-20)22(21-14-23-16-24-21)26(10-11-27)9-8-25(3)15-18/h4-7,11-14,16,22H,1-2,8-10,15H2,3H3,(H,23,24)/b18-12+. The van der Waals surface area contributed by atoms with Crippen LogP contribution in [0.3, 0.4) is 0 Å². The first-order chi connectivity index (χ1) is 13.6. The molecule has 6 nitrogen and oxygen atoms in total. The van der Waals surface area contributed by atoms with Gasteiger partial charge in [-0.1, -0.05) is 31.4 Å². The van der Waals surface area contributed by atoms with Crippen molar-refractivity contribution in [2.75, 3.05) is 33.2 Å². The molecule has 1 N–H and O–H groups in total. The highest BCUT2D eigenvalue weighted by Crippen LogP contribution is 2.30. The minimum Gasteiger partial charge on any atom is -0.458 e. The van der Waals surface area contributed by atoms with Gasteiger partial charge in [-0.2, -0.15) is 0 Å². The molecule has 0 saturated heterocycles. The number of aldehydes is 1. The maximum atomic E-state index is 11.4. The predicted molar refractivity (Wildman–Crippen MR) is 110 cm³/mol. The minimum absolute atomic E-state index is 0.134. The third-order valence-corrected chi connectivity index (χ3v) is 4.74. The van der Waals surface area contributed by atoms with Gasteiger partial charge in [0.15, 0.2) is 0 Å². The number of aromatic nitrogens is 2. The van der Waals surface area contributed by atoms with Crippen LogP contribution in [0.2, 0.25) is 0 Å². The summed E-state index contributed by atoms with van der Waals surface area (Å²) in [6, 6.07) is 7.73. The molecule has 28 heavy (non-hydrogen) atoms. The summed E-state index contributed by atoms with van der Waals surface area (Å²) in [4.78, 5) is 23.1. The fourth-order valence-electron chi connectivity index (χ4n) is 3.42. The Morgan fingerprint density at radius 1 is 1.39 bits per heavy atom. The second-order valence-corrected chi connectivity index (χ2v) is 6.87. The predicted octanol–water partition coefficient (Wildman–Crippen LogP) is 2.95. The molecular weight excluding hydrogens is 352 g/mol. The van der Waals surface area contributed by atoms with Crippen LogP contribution in [0.5, 0.6) is 5.75 Å². The fraction of sp³-hybridized carbons (Fsp3) is 0.273. The second kappa shape index (κ2) is 9.30. The number of benzene rings is 1. The summed E-state index contributed by atoms with van der Waals surface area (Å²) in [6.07, 6.45) is 8.12. The lowest BCUT2D eigenvalue weighted by atomic mass is 10.0. The van der Waals surface area contributed by atoms with E-state index >= 15 is 0 Å². The quantitative estimate of drug-likeness (QED) is 0.829. The number of aromatic amines is 1. The van der Waals surface area contributed by atoms with Gasteiger partial charge in [0.05, 0.1) is 24.6 Å². The Kier molecular flexibility index (Phi) is 6.57. The molecule has 2 aromatic rings. The van der Waals surface area contributed by atoms with E-state index in [-0.39, 0.29) is 6.04 Å². The van der Waals surface area contributed by atoms with E-state index in [9.17, 15) is 4.79 Å². The van der Waals surface area contributed by atoms with Gasteiger partial charge >= 0.3 is 0 Å². The van der Waals surface area contributed by atoms with E-state index in [1.54, 1.807) is 12.5 Å². The van der Waals surface area contributed by atoms with Crippen molar-refractivity contribution in [3.8, 4) is 5.75 Å². The first-order valence-electron chi connectivity index (χ1n) is 9.25. The Morgan fingerprint density at radius 3 is 2.96 bits per heavy atom. The summed E-state index contributed by atoms with van der Waals surface area (Å²) in [7, 11) is 2.05. The van der Waals surface area contributed by atoms with Gasteiger partial charge < -0.3 is 19.4 Å². The molecule has 2 bridgehead atoms. The third kappa shape index (κ3) is 4.85. The molecule has 1 atom stereocenters. The third-order valence-electron chi connectivity index (χ3n) is 4.74. The average Bonchev–Trinajstić information content (AvgIpc) is 3.19. The van der Waals surface area contributed by atoms with Crippen LogP contribution in [0.1, 0.15) is 17.3 Å². The number of carbonyl (C=O) groups is 1. The normalized spacial score (nSPS) is 21.4. The lowest BCUT2D eigenvalue weighted by Gasteiger charge is -2.31. The molecule has 0 spiro atoms. The Balaban J connectivity index is 2.05. The average molecular weight is 378 g/mol. The highest BCUT2D eigenvalue weighted by molar-refractivity contribution is 5.52. The number of rotatable bonds is 4. The molecular formula is C22H26N4O2. The van der Waals surface area contributed by atoms with Crippen LogP contribution in [0, 0.1) is 0 Å². The van der Waals surface area contributed by atoms with Gasteiger partial charge in [0.2, 0.25) is 0 Å². The number of likely N-dealkylation sites (N-methyl/N-ethyl adjacent to an activating group) is 1. The van der Waals surface area contributed by atoms with E-state index in [0.717, 1.165) is 36.2 Å². The number of H-pyrrole nitrogens is 1. The molecule has 2 heterocycles. The lowest BCUT2D eigenvalue weighted by Crippen LogP contribution is -2.38. The van der Waals surface area contributed by atoms with Crippen LogP contribution in [0.25, 0.3) is 0 Å². The molecule has 3 rings (SSSR count). The molecule has 1 aliphatic heterocycles. The van der Waals surface area contributed by atoms with Gasteiger partial charge in [-0.05, 0) is 36.4 Å². The maximum absolute atomic E-state index is 11.4. The van der Waals surface area contributed by atoms with E-state index in [4.69, 9.17) is 4.74 Å². The van der Waals surface area contributed by atoms with Crippen molar-refractivity contribution in [1.82, 2.24) is 19.8 Å². The van der Waals surface area contributed by atoms with Gasteiger partial charge in [0, 0.05) is 25.8 Å². The Morgan fingerprint density at radius 2 is 2.25 bits per heavy atom. The largest absolute Gasteiger partial charge is 0.458 e. The summed E-state index contributed by atoms with van der Waals surface area (Å²) < 4.78 is 5.95. The molecule has 6 heteroatoms. The lowest BCUT2D eigenvalue weighted by molar-refractivity contribution is -0.109. The fourth-order valence-corrected chi connectivity index (χ4v) is 3.42. The SMILES string of the molecule is C=C/C1=C\C(=C)Oc2cccc(c2)C(c2cnc[nH]2)N(CC=O)CCN(C)C1. The molecule has 0 aliphatic carbocycles. The number of nitrogens with one attached hydrogen (secondary N) is 1. The van der Waals surface area contributed by atoms with Gasteiger partial charge in [-0.15, -0.1) is 0 Å². The number of hydrogen-bond acceptors (Lipinski definition) is 5. The van der Waals surface area contributed by atoms with E-state index in [1.807, 2.05) is 43.5 Å². The van der Waals surface area contributed by atoms with Crippen LogP contribution < -0.4 is 4.74 Å². The molecule has 1 unspecified atom stereocenters. The van der Waals surface area contributed by atoms with Crippen molar-refractivity contribution in [1.29, 1.82) is 0 Å². The summed E-state index contributed by atoms with van der Waals surface area (Å²) in [5, 5.41) is 0. The van der Waals surface area contributed by atoms with Crippen LogP contribution in [0.15, 0.2) is 73.4 Å². The minimum atomic E-state index is -0.134. The van der Waals surface area contributed by atoms with Gasteiger partial charge in [0.25, 0.3) is 0 Å². The number of imidazole rings is 1. The second-order valence-electron chi connectivity index (χ2n) is 6.87. The zero-order chi connectivity index (χ0) is 19.9. The number of carbonyl (C=O) groups excluding carboxylic acids is 1. The van der Waals surface area contributed by atoms with Crippen molar-refractivity contribution in [3.63, 3.8) is 0 Å². The summed E-state index contributed by atoms with van der Waals surface area (Å²) in [6.45, 7) is 10.5. The van der Waals surface area contributed by atoms with Crippen molar-refractivity contribution in [2.24, 2.45) is 0 Å². The zero-order valence-corrected chi connectivity index (χ0v) is 16.2. The first-order valence-corrected chi connectivity index (χ1v) is 9.25. The number of fused-ring (bicyclic) bond motifs is 2. The topological polar surface area (TPSA) is 61.5 Å². The zero-order valence-electron chi connectivity index (χ0n) is 16.2. The van der Waals surface area contributed by atoms with E-state index in [2.05, 4.69) is 32.9 Å². The number of ether oxygens (including phenoxy) is 1. The van der Waals surface area contributed by atoms with Crippen LogP contribution >= 0.6 is 0 Å². The van der Waals surface area contributed by atoms with E-state index < -0.39 is 0 Å². The maximum Gasteiger partial charge on any atom is 0.134 e. The molecule has 146 valence electrons. The van der Waals surface area contributed by atoms with Crippen molar-refractivity contribution in [2.45, 2.75) is 6.04 Å². The van der Waals surface area contributed by atoms with Gasteiger partial charge in [-0.3, -0.25) is 4.90 Å². The van der Waals surface area contributed by atoms with E-state index in [1.165, 1.54) is 0 Å². The number of allylic oxidation sites excluding steroid dienone is 1. The molecule has 0 saturated carbocycles. The molecule has 0 radical (unpaired) electrons. The monoisotopic (exact) mass is 378 g/mol. The first kappa shape index (κ1) is 19.8. The van der Waals surface area contributed by atoms with Crippen molar-refractivity contribution in [3.05, 3.63) is 84.7 Å². The van der Waals surface area contributed by atoms with Crippen LogP contribution in [-0.4, -0.2) is 59.3 Å². The highest BCUT2D eigenvalue weighted by Gasteiger charge is 2.24. The molecule has 0 fully saturated rings. The number of nitrogens with zero attached hydrogens (tertiary/aromatic N) is 3. The Labute approximate surface area is 165 Å². The van der Waals surface area contributed by atoms with Crippen LogP contribution in [-0.2, 0) is 4.79 Å². The number of hydrogen-bond donors (Lipinski definition) is 1. The molecule has 1 aromatic heterocycles. The van der Waals surface area contributed by atoms with Crippen LogP contribution in [0.4, 0.5) is 0 Å². The highest BCUT2D eigenvalue weighted by atomic mass is 16.5. The van der Waals surface area contributed by atoms with Crippen molar-refractivity contribution >= 4 is 6.29 Å². The Bertz CT molecular complexity index is 857. The Hall–Kier alpha value is -2.96. The molecule has 1 aromatic carbocycles. The summed E-state index contributed by atoms with van der Waals surface area (Å²) in [5.74, 6) is 1.26. The van der Waals surface area contributed by atoms with E-state index in [0.29, 0.717) is 24.6 Å². The smallest absolute Gasteiger partial charge is 0.134 e. The van der Waals surface area contributed by atoms with Crippen molar-refractivity contribution < 1.29 is 9.53 Å².